The van der Waals surface area contributed by atoms with E-state index in [1.54, 1.807) is 14.2 Å². The first-order chi connectivity index (χ1) is 20.4. The minimum absolute atomic E-state index is 0.101. The number of halogens is 1. The van der Waals surface area contributed by atoms with Gasteiger partial charge in [0.1, 0.15) is 11.5 Å². The Kier molecular flexibility index (Phi) is 8.53. The highest BCUT2D eigenvalue weighted by Gasteiger charge is 2.40. The fourth-order valence-electron chi connectivity index (χ4n) is 7.46. The maximum absolute atomic E-state index is 7.17. The second-order valence-electron chi connectivity index (χ2n) is 13.2. The number of hydrogen-bond donors (Lipinski definition) is 0. The summed E-state index contributed by atoms with van der Waals surface area (Å²) in [5.74, 6) is 1.90. The van der Waals surface area contributed by atoms with E-state index in [4.69, 9.17) is 21.1 Å². The van der Waals surface area contributed by atoms with Crippen LogP contribution in [0.15, 0.2) is 76.0 Å². The monoisotopic (exact) mass is 597 g/mol. The maximum Gasteiger partial charge on any atom is 0.122 e. The summed E-state index contributed by atoms with van der Waals surface area (Å²) < 4.78 is 11.4. The number of anilines is 1. The van der Waals surface area contributed by atoms with E-state index >= 15 is 0 Å². The van der Waals surface area contributed by atoms with Crippen LogP contribution in [0.5, 0.6) is 11.5 Å². The molecule has 2 aromatic rings. The molecular formula is C39H48ClNO2. The van der Waals surface area contributed by atoms with E-state index in [1.807, 2.05) is 0 Å². The van der Waals surface area contributed by atoms with Crippen LogP contribution in [0.3, 0.4) is 0 Å². The highest BCUT2D eigenvalue weighted by Crippen LogP contribution is 2.51. The fourth-order valence-corrected chi connectivity index (χ4v) is 7.78. The second-order valence-corrected chi connectivity index (χ2v) is 13.6. The van der Waals surface area contributed by atoms with E-state index < -0.39 is 0 Å². The van der Waals surface area contributed by atoms with Crippen molar-refractivity contribution in [1.82, 2.24) is 0 Å². The number of rotatable bonds is 7. The lowest BCUT2D eigenvalue weighted by Gasteiger charge is -2.26. The lowest BCUT2D eigenvalue weighted by Crippen LogP contribution is -2.25. The normalized spacial score (nSPS) is 21.0. The number of aryl methyl sites for hydroxylation is 2. The van der Waals surface area contributed by atoms with Gasteiger partial charge in [-0.15, -0.1) is 0 Å². The minimum atomic E-state index is -0.135. The summed E-state index contributed by atoms with van der Waals surface area (Å²) in [4.78, 5) is 2.44. The van der Waals surface area contributed by atoms with Crippen molar-refractivity contribution in [3.05, 3.63) is 104 Å². The van der Waals surface area contributed by atoms with Gasteiger partial charge in [-0.05, 0) is 127 Å². The van der Waals surface area contributed by atoms with Gasteiger partial charge in [0, 0.05) is 33.8 Å². The van der Waals surface area contributed by atoms with Crippen molar-refractivity contribution in [2.45, 2.75) is 91.9 Å². The van der Waals surface area contributed by atoms with Gasteiger partial charge in [-0.1, -0.05) is 64.4 Å². The van der Waals surface area contributed by atoms with Crippen molar-refractivity contribution in [1.29, 1.82) is 0 Å². The Balaban J connectivity index is 1.50. The third-order valence-electron chi connectivity index (χ3n) is 9.96. The summed E-state index contributed by atoms with van der Waals surface area (Å²) >= 11 is 7.17. The molecular weight excluding hydrogens is 550 g/mol. The zero-order chi connectivity index (χ0) is 31.3. The molecule has 0 aromatic heterocycles. The molecule has 0 bridgehead atoms. The molecule has 4 heteroatoms. The Bertz CT molecular complexity index is 1610. The van der Waals surface area contributed by atoms with E-state index in [-0.39, 0.29) is 10.8 Å². The molecule has 0 N–H and O–H groups in total. The maximum atomic E-state index is 7.17. The van der Waals surface area contributed by atoms with Gasteiger partial charge in [-0.2, -0.15) is 0 Å². The number of benzene rings is 2. The molecule has 0 amide bonds. The molecule has 0 fully saturated rings. The van der Waals surface area contributed by atoms with Crippen LogP contribution >= 0.6 is 11.6 Å². The molecule has 0 unspecified atom stereocenters. The van der Waals surface area contributed by atoms with Gasteiger partial charge in [-0.3, -0.25) is 0 Å². The second kappa shape index (κ2) is 11.7. The van der Waals surface area contributed by atoms with Crippen molar-refractivity contribution >= 4 is 22.9 Å². The van der Waals surface area contributed by atoms with Gasteiger partial charge in [0.2, 0.25) is 0 Å². The van der Waals surface area contributed by atoms with Crippen molar-refractivity contribution in [2.24, 2.45) is 0 Å². The molecule has 0 saturated heterocycles. The molecule has 1 aliphatic heterocycles. The van der Waals surface area contributed by atoms with Gasteiger partial charge in [0.05, 0.1) is 14.2 Å². The number of nitrogens with zero attached hydrogens (tertiary/aromatic N) is 1. The van der Waals surface area contributed by atoms with Crippen molar-refractivity contribution < 1.29 is 9.47 Å². The SMILES string of the molecule is CCC1=C(/C=C/C2=C(Cl)C(=C/C=C3\N(CC)c4cc(C)c(OC)cc4C3(C)C)/CCC2)C(C)(C)c2cc(OC)c(C)cc21. The molecule has 3 nitrogen and oxygen atoms in total. The van der Waals surface area contributed by atoms with Gasteiger partial charge in [-0.25, -0.2) is 0 Å². The van der Waals surface area contributed by atoms with E-state index in [2.05, 4.69) is 109 Å². The Morgan fingerprint density at radius 2 is 1.49 bits per heavy atom. The third-order valence-corrected chi connectivity index (χ3v) is 10.4. The summed E-state index contributed by atoms with van der Waals surface area (Å²) in [7, 11) is 3.51. The first-order valence-corrected chi connectivity index (χ1v) is 16.2. The lowest BCUT2D eigenvalue weighted by molar-refractivity contribution is 0.410. The lowest BCUT2D eigenvalue weighted by atomic mass is 9.80. The summed E-state index contributed by atoms with van der Waals surface area (Å²) in [5.41, 5.74) is 13.9. The minimum Gasteiger partial charge on any atom is -0.496 e. The molecule has 43 heavy (non-hydrogen) atoms. The zero-order valence-corrected chi connectivity index (χ0v) is 28.6. The Morgan fingerprint density at radius 1 is 0.837 bits per heavy atom. The number of hydrogen-bond acceptors (Lipinski definition) is 3. The predicted molar refractivity (Wildman–Crippen MR) is 184 cm³/mol. The van der Waals surface area contributed by atoms with Crippen LogP contribution < -0.4 is 14.4 Å². The number of allylic oxidation sites excluding steroid dienone is 10. The van der Waals surface area contributed by atoms with Crippen molar-refractivity contribution in [3.63, 3.8) is 0 Å². The Morgan fingerprint density at radius 3 is 2.12 bits per heavy atom. The van der Waals surface area contributed by atoms with E-state index in [1.165, 1.54) is 55.9 Å². The zero-order valence-electron chi connectivity index (χ0n) is 27.8. The molecule has 0 spiro atoms. The number of ether oxygens (including phenoxy) is 2. The highest BCUT2D eigenvalue weighted by molar-refractivity contribution is 6.32. The summed E-state index contributed by atoms with van der Waals surface area (Å²) in [5, 5.41) is 0.901. The molecule has 0 saturated carbocycles. The van der Waals surface area contributed by atoms with Gasteiger partial charge < -0.3 is 14.4 Å². The van der Waals surface area contributed by atoms with Crippen LogP contribution in [0.25, 0.3) is 5.57 Å². The van der Waals surface area contributed by atoms with Crippen LogP contribution in [0.1, 0.15) is 95.0 Å². The quantitative estimate of drug-likeness (QED) is 0.317. The first kappa shape index (κ1) is 31.3. The number of methoxy groups -OCH3 is 2. The van der Waals surface area contributed by atoms with Crippen LogP contribution in [-0.2, 0) is 10.8 Å². The van der Waals surface area contributed by atoms with Crippen LogP contribution in [0.2, 0.25) is 0 Å². The standard InChI is InChI=1S/C39H48ClNO2/c1-11-28-29-20-24(3)34(42-9)22-31(29)38(5,6)30(28)18-16-26-14-13-15-27(37(26)40)17-19-36-39(7,8)32-23-35(43-10)25(4)21-33(32)41(36)12-2/h16-23H,11-15H2,1-10H3/b18-16+,27-17+,36-19-. The summed E-state index contributed by atoms with van der Waals surface area (Å²) in [6.07, 6.45) is 13.3. The summed E-state index contributed by atoms with van der Waals surface area (Å²) in [6, 6.07) is 9.03. The van der Waals surface area contributed by atoms with Gasteiger partial charge >= 0.3 is 0 Å². The van der Waals surface area contributed by atoms with Crippen molar-refractivity contribution in [2.75, 3.05) is 25.7 Å². The van der Waals surface area contributed by atoms with Crippen LogP contribution in [0.4, 0.5) is 5.69 Å². The van der Waals surface area contributed by atoms with Gasteiger partial charge in [0.15, 0.2) is 0 Å². The topological polar surface area (TPSA) is 21.7 Å². The van der Waals surface area contributed by atoms with E-state index in [9.17, 15) is 0 Å². The molecule has 2 aromatic carbocycles. The third kappa shape index (κ3) is 5.18. The number of fused-ring (bicyclic) bond motifs is 2. The van der Waals surface area contributed by atoms with Crippen LogP contribution in [-0.4, -0.2) is 20.8 Å². The average Bonchev–Trinajstić information content (AvgIpc) is 3.31. The fraction of sp³-hybridized carbons (Fsp3) is 0.436. The molecule has 3 aliphatic rings. The average molecular weight is 598 g/mol. The van der Waals surface area contributed by atoms with Crippen LogP contribution in [0, 0.1) is 13.8 Å². The predicted octanol–water partition coefficient (Wildman–Crippen LogP) is 10.6. The van der Waals surface area contributed by atoms with E-state index in [0.29, 0.717) is 0 Å². The molecule has 1 heterocycles. The molecule has 0 atom stereocenters. The Hall–Kier alpha value is -3.17. The molecule has 228 valence electrons. The smallest absolute Gasteiger partial charge is 0.122 e. The summed E-state index contributed by atoms with van der Waals surface area (Å²) in [6.45, 7) is 18.9. The first-order valence-electron chi connectivity index (χ1n) is 15.8. The molecule has 0 radical (unpaired) electrons. The Labute approximate surface area is 264 Å². The largest absolute Gasteiger partial charge is 0.496 e. The molecule has 5 rings (SSSR count). The van der Waals surface area contributed by atoms with E-state index in [0.717, 1.165) is 54.3 Å². The highest BCUT2D eigenvalue weighted by atomic mass is 35.5. The van der Waals surface area contributed by atoms with Crippen molar-refractivity contribution in [3.8, 4) is 11.5 Å². The molecule has 2 aliphatic carbocycles. The number of likely N-dealkylation sites (N-methyl/N-ethyl adjacent to an activating group) is 1. The van der Waals surface area contributed by atoms with Gasteiger partial charge in [0.25, 0.3) is 0 Å².